The van der Waals surface area contributed by atoms with Crippen molar-refractivity contribution in [3.05, 3.63) is 39.0 Å². The van der Waals surface area contributed by atoms with Gasteiger partial charge in [-0.15, -0.1) is 0 Å². The fourth-order valence-electron chi connectivity index (χ4n) is 1.77. The molecule has 17 heavy (non-hydrogen) atoms. The predicted molar refractivity (Wildman–Crippen MR) is 65.3 cm³/mol. The Balaban J connectivity index is 2.77. The third-order valence-electron chi connectivity index (χ3n) is 2.51. The van der Waals surface area contributed by atoms with Gasteiger partial charge in [0, 0.05) is 12.6 Å². The van der Waals surface area contributed by atoms with Crippen molar-refractivity contribution < 1.29 is 5.11 Å². The lowest BCUT2D eigenvalue weighted by molar-refractivity contribution is 0.475. The number of H-pyrrole nitrogens is 1. The molecule has 0 bridgehead atoms. The smallest absolute Gasteiger partial charge is 0.328 e. The molecule has 5 nitrogen and oxygen atoms in total. The molecule has 1 aromatic carbocycles. The molecule has 0 radical (unpaired) electrons. The van der Waals surface area contributed by atoms with Crippen LogP contribution in [0.15, 0.2) is 27.8 Å². The molecule has 90 valence electrons. The lowest BCUT2D eigenvalue weighted by Crippen LogP contribution is -2.36. The third kappa shape index (κ3) is 2.08. The Labute approximate surface area is 97.3 Å². The number of phenols is 1. The van der Waals surface area contributed by atoms with Crippen molar-refractivity contribution in [3.8, 4) is 5.75 Å². The van der Waals surface area contributed by atoms with E-state index in [1.165, 1.54) is 22.8 Å². The molecule has 0 spiro atoms. The lowest BCUT2D eigenvalue weighted by Gasteiger charge is -2.08. The summed E-state index contributed by atoms with van der Waals surface area (Å²) in [5.74, 6) is 0.234. The van der Waals surface area contributed by atoms with E-state index in [0.717, 1.165) is 0 Å². The molecule has 2 aromatic rings. The molecule has 2 N–H and O–H groups in total. The van der Waals surface area contributed by atoms with Gasteiger partial charge < -0.3 is 10.1 Å². The van der Waals surface area contributed by atoms with E-state index >= 15 is 0 Å². The molecule has 1 heterocycles. The molecular weight excluding hydrogens is 220 g/mol. The van der Waals surface area contributed by atoms with Crippen LogP contribution in [-0.2, 0) is 6.54 Å². The Morgan fingerprint density at radius 1 is 1.35 bits per heavy atom. The van der Waals surface area contributed by atoms with Crippen LogP contribution in [0.4, 0.5) is 0 Å². The zero-order valence-corrected chi connectivity index (χ0v) is 9.73. The number of fused-ring (bicyclic) bond motifs is 1. The Kier molecular flexibility index (Phi) is 2.75. The molecule has 0 aliphatic rings. The van der Waals surface area contributed by atoms with E-state index in [1.54, 1.807) is 0 Å². The van der Waals surface area contributed by atoms with E-state index in [0.29, 0.717) is 17.4 Å². The first kappa shape index (κ1) is 11.4. The number of aromatic nitrogens is 2. The van der Waals surface area contributed by atoms with Crippen LogP contribution in [0.5, 0.6) is 5.75 Å². The van der Waals surface area contributed by atoms with Gasteiger partial charge in [0.2, 0.25) is 0 Å². The van der Waals surface area contributed by atoms with Crippen LogP contribution in [0.3, 0.4) is 0 Å². The van der Waals surface area contributed by atoms with Gasteiger partial charge in [0.1, 0.15) is 5.75 Å². The first-order valence-electron chi connectivity index (χ1n) is 5.45. The molecule has 0 fully saturated rings. The molecule has 0 aliphatic carbocycles. The van der Waals surface area contributed by atoms with E-state index < -0.39 is 5.69 Å². The highest BCUT2D eigenvalue weighted by Gasteiger charge is 2.08. The second kappa shape index (κ2) is 4.08. The zero-order valence-electron chi connectivity index (χ0n) is 9.73. The molecule has 2 rings (SSSR count). The number of nitrogens with one attached hydrogen (secondary N) is 1. The van der Waals surface area contributed by atoms with Crippen LogP contribution in [0, 0.1) is 5.92 Å². The minimum absolute atomic E-state index is 0.0224. The van der Waals surface area contributed by atoms with Crippen molar-refractivity contribution in [2.75, 3.05) is 0 Å². The van der Waals surface area contributed by atoms with Crippen molar-refractivity contribution in [2.45, 2.75) is 20.4 Å². The van der Waals surface area contributed by atoms with Crippen molar-refractivity contribution in [1.82, 2.24) is 9.55 Å². The summed E-state index contributed by atoms with van der Waals surface area (Å²) < 4.78 is 1.18. The fourth-order valence-corrected chi connectivity index (χ4v) is 1.77. The topological polar surface area (TPSA) is 75.1 Å². The fraction of sp³-hybridized carbons (Fsp3) is 0.333. The number of aromatic amines is 1. The molecule has 0 saturated heterocycles. The van der Waals surface area contributed by atoms with Crippen LogP contribution >= 0.6 is 0 Å². The summed E-state index contributed by atoms with van der Waals surface area (Å²) in [5.41, 5.74) is -0.403. The van der Waals surface area contributed by atoms with Gasteiger partial charge in [0.15, 0.2) is 0 Å². The molecule has 5 heteroatoms. The Hall–Kier alpha value is -2.04. The summed E-state index contributed by atoms with van der Waals surface area (Å²) in [6.45, 7) is 4.25. The highest BCUT2D eigenvalue weighted by atomic mass is 16.3. The SMILES string of the molecule is CC(C)Cn1c(=O)[nH]c2cc(O)ccc2c1=O. The highest BCUT2D eigenvalue weighted by molar-refractivity contribution is 5.78. The average Bonchev–Trinajstić information content (AvgIpc) is 2.23. The quantitative estimate of drug-likeness (QED) is 0.815. The number of nitrogens with zero attached hydrogens (tertiary/aromatic N) is 1. The Morgan fingerprint density at radius 2 is 2.06 bits per heavy atom. The van der Waals surface area contributed by atoms with Gasteiger partial charge in [-0.1, -0.05) is 13.8 Å². The molecule has 0 atom stereocenters. The number of hydrogen-bond donors (Lipinski definition) is 2. The highest BCUT2D eigenvalue weighted by Crippen LogP contribution is 2.13. The minimum atomic E-state index is -0.443. The van der Waals surface area contributed by atoms with Gasteiger partial charge >= 0.3 is 5.69 Å². The van der Waals surface area contributed by atoms with Crippen molar-refractivity contribution >= 4 is 10.9 Å². The van der Waals surface area contributed by atoms with Gasteiger partial charge in [-0.3, -0.25) is 9.36 Å². The van der Waals surface area contributed by atoms with Crippen LogP contribution in [-0.4, -0.2) is 14.7 Å². The standard InChI is InChI=1S/C12H14N2O3/c1-7(2)6-14-11(16)9-4-3-8(15)5-10(9)13-12(14)17/h3-5,7,15H,6H2,1-2H3,(H,13,17). The molecule has 0 unspecified atom stereocenters. The number of hydrogen-bond acceptors (Lipinski definition) is 3. The van der Waals surface area contributed by atoms with Gasteiger partial charge in [0.25, 0.3) is 5.56 Å². The van der Waals surface area contributed by atoms with Gasteiger partial charge in [-0.2, -0.15) is 0 Å². The van der Waals surface area contributed by atoms with Gasteiger partial charge in [0.05, 0.1) is 10.9 Å². The Morgan fingerprint density at radius 3 is 2.71 bits per heavy atom. The predicted octanol–water partition coefficient (Wildman–Crippen LogP) is 1.05. The number of phenolic OH excluding ortho intramolecular Hbond substituents is 1. The summed E-state index contributed by atoms with van der Waals surface area (Å²) >= 11 is 0. The molecular formula is C12H14N2O3. The summed E-state index contributed by atoms with van der Waals surface area (Å²) in [4.78, 5) is 26.4. The molecule has 1 aromatic heterocycles. The third-order valence-corrected chi connectivity index (χ3v) is 2.51. The van der Waals surface area contributed by atoms with E-state index in [-0.39, 0.29) is 17.2 Å². The van der Waals surface area contributed by atoms with Crippen molar-refractivity contribution in [3.63, 3.8) is 0 Å². The second-order valence-corrected chi connectivity index (χ2v) is 4.47. The maximum Gasteiger partial charge on any atom is 0.328 e. The number of aromatic hydroxyl groups is 1. The lowest BCUT2D eigenvalue weighted by atomic mass is 10.2. The van der Waals surface area contributed by atoms with E-state index in [1.807, 2.05) is 13.8 Å². The molecule has 0 amide bonds. The van der Waals surface area contributed by atoms with Crippen molar-refractivity contribution in [2.24, 2.45) is 5.92 Å². The van der Waals surface area contributed by atoms with E-state index in [4.69, 9.17) is 0 Å². The van der Waals surface area contributed by atoms with Crippen LogP contribution in [0.2, 0.25) is 0 Å². The van der Waals surface area contributed by atoms with Gasteiger partial charge in [-0.25, -0.2) is 4.79 Å². The maximum absolute atomic E-state index is 12.1. The van der Waals surface area contributed by atoms with Crippen LogP contribution in [0.25, 0.3) is 10.9 Å². The first-order valence-corrected chi connectivity index (χ1v) is 5.45. The van der Waals surface area contributed by atoms with Crippen LogP contribution < -0.4 is 11.2 Å². The summed E-state index contributed by atoms with van der Waals surface area (Å²) in [6, 6.07) is 4.32. The number of benzene rings is 1. The average molecular weight is 234 g/mol. The zero-order chi connectivity index (χ0) is 12.6. The maximum atomic E-state index is 12.1. The van der Waals surface area contributed by atoms with Crippen LogP contribution in [0.1, 0.15) is 13.8 Å². The Bertz CT molecular complexity index is 667. The normalized spacial score (nSPS) is 11.2. The van der Waals surface area contributed by atoms with E-state index in [2.05, 4.69) is 4.98 Å². The summed E-state index contributed by atoms with van der Waals surface area (Å²) in [6.07, 6.45) is 0. The van der Waals surface area contributed by atoms with Gasteiger partial charge in [-0.05, 0) is 18.1 Å². The minimum Gasteiger partial charge on any atom is -0.508 e. The van der Waals surface area contributed by atoms with E-state index in [9.17, 15) is 14.7 Å². The monoisotopic (exact) mass is 234 g/mol. The number of rotatable bonds is 2. The molecule has 0 saturated carbocycles. The summed E-state index contributed by atoms with van der Waals surface area (Å²) in [5, 5.41) is 9.70. The van der Waals surface area contributed by atoms with Crippen molar-refractivity contribution in [1.29, 1.82) is 0 Å². The second-order valence-electron chi connectivity index (χ2n) is 4.47. The molecule has 0 aliphatic heterocycles. The summed E-state index contributed by atoms with van der Waals surface area (Å²) in [7, 11) is 0. The largest absolute Gasteiger partial charge is 0.508 e. The first-order chi connectivity index (χ1) is 7.99.